The Bertz CT molecular complexity index is 524. The fourth-order valence-corrected chi connectivity index (χ4v) is 2.60. The molecule has 22 heavy (non-hydrogen) atoms. The molecule has 0 saturated carbocycles. The molecule has 0 unspecified atom stereocenters. The van der Waals surface area contributed by atoms with Gasteiger partial charge in [-0.25, -0.2) is 4.98 Å². The number of aromatic nitrogens is 2. The van der Waals surface area contributed by atoms with Crippen molar-refractivity contribution >= 4 is 17.7 Å². The average molecular weight is 305 g/mol. The minimum Gasteiger partial charge on any atom is -0.377 e. The first-order chi connectivity index (χ1) is 10.6. The average Bonchev–Trinajstić information content (AvgIpc) is 2.50. The highest BCUT2D eigenvalue weighted by atomic mass is 16.5. The van der Waals surface area contributed by atoms with Gasteiger partial charge in [-0.05, 0) is 6.07 Å². The fourth-order valence-electron chi connectivity index (χ4n) is 2.60. The van der Waals surface area contributed by atoms with Crippen LogP contribution in [0.5, 0.6) is 0 Å². The molecular weight excluding hydrogens is 282 g/mol. The first kappa shape index (κ1) is 15.0. The van der Waals surface area contributed by atoms with Crippen LogP contribution < -0.4 is 10.2 Å². The number of carbonyl (C=O) groups excluding carboxylic acids is 1. The lowest BCUT2D eigenvalue weighted by Crippen LogP contribution is -2.50. The number of nitrogens with zero attached hydrogens (tertiary/aromatic N) is 4. The number of rotatable bonds is 4. The summed E-state index contributed by atoms with van der Waals surface area (Å²) in [4.78, 5) is 25.0. The van der Waals surface area contributed by atoms with Gasteiger partial charge in [0.05, 0.1) is 19.3 Å². The van der Waals surface area contributed by atoms with Gasteiger partial charge in [0.2, 0.25) is 11.9 Å². The Morgan fingerprint density at radius 2 is 2.05 bits per heavy atom. The molecule has 2 aliphatic rings. The van der Waals surface area contributed by atoms with Crippen molar-refractivity contribution in [1.29, 1.82) is 0 Å². The smallest absolute Gasteiger partial charge is 0.227 e. The van der Waals surface area contributed by atoms with Gasteiger partial charge < -0.3 is 19.9 Å². The predicted octanol–water partition coefficient (Wildman–Crippen LogP) is 0.592. The standard InChI is InChI=1S/C15H23N5O2/c1-11(2)14(21)19-5-7-20(8-6-19)15-16-4-3-13(18-15)17-12-9-22-10-12/h3-4,11-12H,5-10H2,1-2H3,(H,16,17,18). The van der Waals surface area contributed by atoms with E-state index >= 15 is 0 Å². The summed E-state index contributed by atoms with van der Waals surface area (Å²) < 4.78 is 5.15. The SMILES string of the molecule is CC(C)C(=O)N1CCN(c2nccc(NC3COC3)n2)CC1. The van der Waals surface area contributed by atoms with E-state index in [1.807, 2.05) is 24.8 Å². The quantitative estimate of drug-likeness (QED) is 0.878. The molecule has 0 atom stereocenters. The van der Waals surface area contributed by atoms with Gasteiger partial charge >= 0.3 is 0 Å². The summed E-state index contributed by atoms with van der Waals surface area (Å²) in [5.74, 6) is 1.84. The van der Waals surface area contributed by atoms with E-state index in [1.54, 1.807) is 6.20 Å². The molecule has 2 aliphatic heterocycles. The molecule has 7 nitrogen and oxygen atoms in total. The van der Waals surface area contributed by atoms with Crippen molar-refractivity contribution in [2.45, 2.75) is 19.9 Å². The Balaban J connectivity index is 1.58. The molecule has 1 amide bonds. The Morgan fingerprint density at radius 3 is 2.64 bits per heavy atom. The van der Waals surface area contributed by atoms with Gasteiger partial charge in [0.1, 0.15) is 5.82 Å². The first-order valence-electron chi connectivity index (χ1n) is 7.84. The second kappa shape index (κ2) is 6.48. The maximum Gasteiger partial charge on any atom is 0.227 e. The summed E-state index contributed by atoms with van der Waals surface area (Å²) in [6, 6.07) is 2.23. The monoisotopic (exact) mass is 305 g/mol. The van der Waals surface area contributed by atoms with Crippen molar-refractivity contribution in [3.05, 3.63) is 12.3 Å². The van der Waals surface area contributed by atoms with E-state index in [0.717, 1.165) is 51.2 Å². The van der Waals surface area contributed by atoms with E-state index in [1.165, 1.54) is 0 Å². The molecule has 3 rings (SSSR count). The first-order valence-corrected chi connectivity index (χ1v) is 7.84. The lowest BCUT2D eigenvalue weighted by molar-refractivity contribution is -0.134. The van der Waals surface area contributed by atoms with Crippen molar-refractivity contribution < 1.29 is 9.53 Å². The van der Waals surface area contributed by atoms with Crippen molar-refractivity contribution in [3.63, 3.8) is 0 Å². The second-order valence-electron chi connectivity index (χ2n) is 6.09. The molecule has 7 heteroatoms. The Morgan fingerprint density at radius 1 is 1.32 bits per heavy atom. The minimum absolute atomic E-state index is 0.0556. The van der Waals surface area contributed by atoms with E-state index < -0.39 is 0 Å². The molecule has 3 heterocycles. The molecular formula is C15H23N5O2. The van der Waals surface area contributed by atoms with Crippen LogP contribution in [-0.4, -0.2) is 66.2 Å². The third-order valence-electron chi connectivity index (χ3n) is 4.00. The Labute approximate surface area is 130 Å². The van der Waals surface area contributed by atoms with E-state index in [9.17, 15) is 4.79 Å². The van der Waals surface area contributed by atoms with Crippen molar-refractivity contribution in [3.8, 4) is 0 Å². The zero-order valence-corrected chi connectivity index (χ0v) is 13.2. The summed E-state index contributed by atoms with van der Waals surface area (Å²) in [6.07, 6.45) is 1.77. The molecule has 0 spiro atoms. The van der Waals surface area contributed by atoms with E-state index in [0.29, 0.717) is 6.04 Å². The van der Waals surface area contributed by atoms with Crippen LogP contribution >= 0.6 is 0 Å². The number of carbonyl (C=O) groups is 1. The van der Waals surface area contributed by atoms with Crippen LogP contribution in [0.1, 0.15) is 13.8 Å². The highest BCUT2D eigenvalue weighted by Gasteiger charge is 2.24. The third kappa shape index (κ3) is 3.30. The maximum absolute atomic E-state index is 12.0. The van der Waals surface area contributed by atoms with Crippen molar-refractivity contribution in [1.82, 2.24) is 14.9 Å². The van der Waals surface area contributed by atoms with E-state index in [4.69, 9.17) is 4.74 Å². The summed E-state index contributed by atoms with van der Waals surface area (Å²) in [7, 11) is 0. The molecule has 1 aromatic rings. The van der Waals surface area contributed by atoms with Gasteiger partial charge in [-0.2, -0.15) is 4.98 Å². The minimum atomic E-state index is 0.0556. The van der Waals surface area contributed by atoms with Gasteiger partial charge in [-0.1, -0.05) is 13.8 Å². The van der Waals surface area contributed by atoms with Gasteiger partial charge in [-0.15, -0.1) is 0 Å². The van der Waals surface area contributed by atoms with Gasteiger partial charge in [0.15, 0.2) is 0 Å². The normalized spacial score (nSPS) is 19.2. The number of ether oxygens (including phenoxy) is 1. The molecule has 2 fully saturated rings. The topological polar surface area (TPSA) is 70.6 Å². The zero-order chi connectivity index (χ0) is 15.5. The van der Waals surface area contributed by atoms with Crippen LogP contribution in [0, 0.1) is 5.92 Å². The van der Waals surface area contributed by atoms with Crippen LogP contribution in [0.4, 0.5) is 11.8 Å². The summed E-state index contributed by atoms with van der Waals surface area (Å²) in [5.41, 5.74) is 0. The van der Waals surface area contributed by atoms with Crippen LogP contribution in [-0.2, 0) is 9.53 Å². The number of anilines is 2. The van der Waals surface area contributed by atoms with Gasteiger partial charge in [-0.3, -0.25) is 4.79 Å². The molecule has 0 aliphatic carbocycles. The highest BCUT2D eigenvalue weighted by Crippen LogP contribution is 2.16. The van der Waals surface area contributed by atoms with Gasteiger partial charge in [0, 0.05) is 38.3 Å². The summed E-state index contributed by atoms with van der Waals surface area (Å²) in [5, 5.41) is 3.33. The zero-order valence-electron chi connectivity index (χ0n) is 13.2. The number of hydrogen-bond donors (Lipinski definition) is 1. The largest absolute Gasteiger partial charge is 0.377 e. The molecule has 0 aromatic carbocycles. The highest BCUT2D eigenvalue weighted by molar-refractivity contribution is 5.78. The maximum atomic E-state index is 12.0. The molecule has 120 valence electrons. The van der Waals surface area contributed by atoms with Crippen LogP contribution in [0.15, 0.2) is 12.3 Å². The lowest BCUT2D eigenvalue weighted by Gasteiger charge is -2.35. The number of hydrogen-bond acceptors (Lipinski definition) is 6. The molecule has 1 N–H and O–H groups in total. The molecule has 0 radical (unpaired) electrons. The van der Waals surface area contributed by atoms with Gasteiger partial charge in [0.25, 0.3) is 0 Å². The predicted molar refractivity (Wildman–Crippen MR) is 83.9 cm³/mol. The van der Waals surface area contributed by atoms with Crippen LogP contribution in [0.3, 0.4) is 0 Å². The lowest BCUT2D eigenvalue weighted by atomic mass is 10.1. The fraction of sp³-hybridized carbons (Fsp3) is 0.667. The second-order valence-corrected chi connectivity index (χ2v) is 6.09. The third-order valence-corrected chi connectivity index (χ3v) is 4.00. The molecule has 1 aromatic heterocycles. The Kier molecular flexibility index (Phi) is 4.42. The number of nitrogens with one attached hydrogen (secondary N) is 1. The van der Waals surface area contributed by atoms with Crippen LogP contribution in [0.25, 0.3) is 0 Å². The van der Waals surface area contributed by atoms with Crippen molar-refractivity contribution in [2.24, 2.45) is 5.92 Å². The van der Waals surface area contributed by atoms with E-state index in [-0.39, 0.29) is 11.8 Å². The molecule has 0 bridgehead atoms. The van der Waals surface area contributed by atoms with Crippen molar-refractivity contribution in [2.75, 3.05) is 49.6 Å². The van der Waals surface area contributed by atoms with Crippen LogP contribution in [0.2, 0.25) is 0 Å². The summed E-state index contributed by atoms with van der Waals surface area (Å²) in [6.45, 7) is 8.35. The summed E-state index contributed by atoms with van der Waals surface area (Å²) >= 11 is 0. The van der Waals surface area contributed by atoms with E-state index in [2.05, 4.69) is 20.2 Å². The Hall–Kier alpha value is -1.89. The molecule has 2 saturated heterocycles. The number of piperazine rings is 1. The number of amides is 1.